The number of hydrogen-bond acceptors (Lipinski definition) is 3. The first kappa shape index (κ1) is 15.5. The minimum atomic E-state index is -1.82. The summed E-state index contributed by atoms with van der Waals surface area (Å²) in [6, 6.07) is 0. The highest BCUT2D eigenvalue weighted by Crippen LogP contribution is 2.39. The Bertz CT molecular complexity index is 297. The van der Waals surface area contributed by atoms with E-state index < -0.39 is 14.4 Å². The molecule has 0 radical (unpaired) electrons. The number of epoxide rings is 1. The van der Waals surface area contributed by atoms with Crippen LogP contribution in [0.1, 0.15) is 27.2 Å². The number of rotatable bonds is 6. The molecule has 18 heavy (non-hydrogen) atoms. The van der Waals surface area contributed by atoms with Crippen LogP contribution in [0.25, 0.3) is 0 Å². The quantitative estimate of drug-likeness (QED) is 0.577. The first-order valence-corrected chi connectivity index (χ1v) is 9.30. The molecule has 0 spiro atoms. The Balaban J connectivity index is 2.50. The molecule has 6 heteroatoms. The summed E-state index contributed by atoms with van der Waals surface area (Å²) in [6.07, 6.45) is -0.158. The van der Waals surface area contributed by atoms with Crippen LogP contribution < -0.4 is 5.32 Å². The number of amides is 1. The van der Waals surface area contributed by atoms with Gasteiger partial charge < -0.3 is 19.6 Å². The third kappa shape index (κ3) is 4.59. The summed E-state index contributed by atoms with van der Waals surface area (Å²) in [5, 5.41) is 11.1. The van der Waals surface area contributed by atoms with Crippen LogP contribution in [0.3, 0.4) is 0 Å². The second-order valence-corrected chi connectivity index (χ2v) is 11.1. The van der Waals surface area contributed by atoms with E-state index in [0.717, 1.165) is 6.61 Å². The Morgan fingerprint density at radius 1 is 1.56 bits per heavy atom. The smallest absolute Gasteiger partial charge is 0.404 e. The predicted molar refractivity (Wildman–Crippen MR) is 72.5 cm³/mol. The fourth-order valence-corrected chi connectivity index (χ4v) is 2.85. The molecular formula is C12H25NO4Si. The summed E-state index contributed by atoms with van der Waals surface area (Å²) in [4.78, 5) is 10.4. The van der Waals surface area contributed by atoms with Gasteiger partial charge in [0.15, 0.2) is 8.32 Å². The van der Waals surface area contributed by atoms with Crippen molar-refractivity contribution in [3.8, 4) is 0 Å². The molecule has 106 valence electrons. The van der Waals surface area contributed by atoms with E-state index in [0.29, 0.717) is 13.0 Å². The van der Waals surface area contributed by atoms with E-state index in [1.54, 1.807) is 0 Å². The van der Waals surface area contributed by atoms with Crippen molar-refractivity contribution in [1.82, 2.24) is 5.32 Å². The third-order valence-corrected chi connectivity index (χ3v) is 8.24. The van der Waals surface area contributed by atoms with Crippen LogP contribution in [0.4, 0.5) is 4.79 Å². The highest BCUT2D eigenvalue weighted by atomic mass is 28.4. The van der Waals surface area contributed by atoms with Crippen molar-refractivity contribution >= 4 is 14.4 Å². The van der Waals surface area contributed by atoms with Crippen LogP contribution in [0, 0.1) is 0 Å². The molecule has 1 aliphatic heterocycles. The van der Waals surface area contributed by atoms with Crippen LogP contribution in [-0.4, -0.2) is 44.9 Å². The van der Waals surface area contributed by atoms with Gasteiger partial charge in [0, 0.05) is 6.54 Å². The predicted octanol–water partition coefficient (Wildman–Crippen LogP) is 2.43. The maximum atomic E-state index is 10.4. The fourth-order valence-electron chi connectivity index (χ4n) is 1.47. The summed E-state index contributed by atoms with van der Waals surface area (Å²) in [5.74, 6) is 0. The molecule has 2 atom stereocenters. The zero-order valence-corrected chi connectivity index (χ0v) is 12.9. The Morgan fingerprint density at radius 3 is 2.50 bits per heavy atom. The molecule has 1 heterocycles. The monoisotopic (exact) mass is 275 g/mol. The zero-order valence-electron chi connectivity index (χ0n) is 11.9. The van der Waals surface area contributed by atoms with Crippen molar-refractivity contribution in [3.63, 3.8) is 0 Å². The summed E-state index contributed by atoms with van der Waals surface area (Å²) in [5.41, 5.74) is 0. The van der Waals surface area contributed by atoms with E-state index in [1.165, 1.54) is 0 Å². The minimum Gasteiger partial charge on any atom is -0.465 e. The van der Waals surface area contributed by atoms with E-state index in [-0.39, 0.29) is 17.2 Å². The molecule has 0 aromatic heterocycles. The largest absolute Gasteiger partial charge is 0.465 e. The summed E-state index contributed by atoms with van der Waals surface area (Å²) < 4.78 is 11.6. The molecule has 5 nitrogen and oxygen atoms in total. The molecule has 1 saturated heterocycles. The Kier molecular flexibility index (Phi) is 4.80. The second-order valence-electron chi connectivity index (χ2n) is 6.31. The van der Waals surface area contributed by atoms with Gasteiger partial charge in [-0.25, -0.2) is 4.79 Å². The number of ether oxygens (including phenoxy) is 1. The standard InChI is InChI=1S/C12H25NO4Si/c1-12(2,3)18(4,5)17-9(10-8-16-10)6-7-13-11(14)15/h9-10,13H,6-8H2,1-5H3,(H,14,15). The van der Waals surface area contributed by atoms with Crippen LogP contribution in [0.2, 0.25) is 18.1 Å². The molecule has 1 rings (SSSR count). The highest BCUT2D eigenvalue weighted by molar-refractivity contribution is 6.74. The van der Waals surface area contributed by atoms with Gasteiger partial charge in [-0.3, -0.25) is 0 Å². The van der Waals surface area contributed by atoms with Crippen molar-refractivity contribution < 1.29 is 19.1 Å². The molecular weight excluding hydrogens is 250 g/mol. The van der Waals surface area contributed by atoms with Gasteiger partial charge >= 0.3 is 6.09 Å². The third-order valence-electron chi connectivity index (χ3n) is 3.73. The maximum absolute atomic E-state index is 10.4. The van der Waals surface area contributed by atoms with Crippen LogP contribution in [0.15, 0.2) is 0 Å². The second kappa shape index (κ2) is 5.58. The number of hydrogen-bond donors (Lipinski definition) is 2. The topological polar surface area (TPSA) is 71.1 Å². The van der Waals surface area contributed by atoms with Gasteiger partial charge in [0.25, 0.3) is 0 Å². The van der Waals surface area contributed by atoms with Crippen LogP contribution >= 0.6 is 0 Å². The molecule has 0 bridgehead atoms. The molecule has 0 saturated carbocycles. The fraction of sp³-hybridized carbons (Fsp3) is 0.917. The van der Waals surface area contributed by atoms with Crippen LogP contribution in [-0.2, 0) is 9.16 Å². The number of carbonyl (C=O) groups is 1. The Labute approximate surface area is 110 Å². The average molecular weight is 275 g/mol. The number of carboxylic acid groups (broad SMARTS) is 1. The highest BCUT2D eigenvalue weighted by Gasteiger charge is 2.43. The average Bonchev–Trinajstić information content (AvgIpc) is 2.96. The SMILES string of the molecule is CC(C)(C)[Si](C)(C)OC(CCNC(=O)O)C1CO1. The molecule has 1 fully saturated rings. The summed E-state index contributed by atoms with van der Waals surface area (Å²) in [6.45, 7) is 12.1. The van der Waals surface area contributed by atoms with E-state index in [1.807, 2.05) is 0 Å². The molecule has 0 aliphatic carbocycles. The number of nitrogens with one attached hydrogen (secondary N) is 1. The lowest BCUT2D eigenvalue weighted by Crippen LogP contribution is -2.46. The lowest BCUT2D eigenvalue weighted by molar-refractivity contribution is 0.132. The first-order chi connectivity index (χ1) is 8.13. The van der Waals surface area contributed by atoms with Crippen molar-refractivity contribution in [2.75, 3.05) is 13.2 Å². The van der Waals surface area contributed by atoms with Gasteiger partial charge in [-0.1, -0.05) is 20.8 Å². The molecule has 1 aliphatic rings. The van der Waals surface area contributed by atoms with Gasteiger partial charge in [-0.05, 0) is 24.6 Å². The van der Waals surface area contributed by atoms with Gasteiger partial charge in [0.1, 0.15) is 6.10 Å². The Morgan fingerprint density at radius 2 is 2.11 bits per heavy atom. The maximum Gasteiger partial charge on any atom is 0.404 e. The zero-order chi connectivity index (χ0) is 14.0. The van der Waals surface area contributed by atoms with Crippen LogP contribution in [0.5, 0.6) is 0 Å². The van der Waals surface area contributed by atoms with Gasteiger partial charge in [0.05, 0.1) is 12.7 Å². The lowest BCUT2D eigenvalue weighted by Gasteiger charge is -2.39. The molecule has 0 aromatic carbocycles. The van der Waals surface area contributed by atoms with Gasteiger partial charge in [-0.15, -0.1) is 0 Å². The van der Waals surface area contributed by atoms with E-state index in [9.17, 15) is 4.79 Å². The summed E-state index contributed by atoms with van der Waals surface area (Å²) >= 11 is 0. The molecule has 0 aromatic rings. The van der Waals surface area contributed by atoms with Gasteiger partial charge in [-0.2, -0.15) is 0 Å². The van der Waals surface area contributed by atoms with E-state index in [2.05, 4.69) is 39.2 Å². The molecule has 2 unspecified atom stereocenters. The van der Waals surface area contributed by atoms with Crippen molar-refractivity contribution in [2.24, 2.45) is 0 Å². The summed E-state index contributed by atoms with van der Waals surface area (Å²) in [7, 11) is -1.82. The minimum absolute atomic E-state index is 0.0118. The normalized spacial score (nSPS) is 21.5. The van der Waals surface area contributed by atoms with Crippen molar-refractivity contribution in [2.45, 2.75) is 57.5 Å². The van der Waals surface area contributed by atoms with Crippen molar-refractivity contribution in [3.05, 3.63) is 0 Å². The van der Waals surface area contributed by atoms with E-state index in [4.69, 9.17) is 14.3 Å². The molecule has 1 amide bonds. The van der Waals surface area contributed by atoms with Crippen molar-refractivity contribution in [1.29, 1.82) is 0 Å². The first-order valence-electron chi connectivity index (χ1n) is 6.40. The molecule has 2 N–H and O–H groups in total. The van der Waals surface area contributed by atoms with Gasteiger partial charge in [0.2, 0.25) is 0 Å². The lowest BCUT2D eigenvalue weighted by atomic mass is 10.2. The van der Waals surface area contributed by atoms with E-state index >= 15 is 0 Å². The Hall–Kier alpha value is -0.593.